The molecule has 0 aliphatic rings. The van der Waals surface area contributed by atoms with Gasteiger partial charge in [-0.2, -0.15) is 0 Å². The first-order chi connectivity index (χ1) is 9.08. The molecule has 1 aromatic carbocycles. The first-order valence-electron chi connectivity index (χ1n) is 6.53. The normalized spacial score (nSPS) is 11.4. The van der Waals surface area contributed by atoms with Gasteiger partial charge in [0.2, 0.25) is 0 Å². The third-order valence-corrected chi connectivity index (χ3v) is 2.97. The number of rotatable bonds is 7. The second-order valence-electron chi connectivity index (χ2n) is 4.59. The van der Waals surface area contributed by atoms with Crippen molar-refractivity contribution in [3.8, 4) is 5.75 Å². The van der Waals surface area contributed by atoms with Crippen molar-refractivity contribution in [3.05, 3.63) is 53.9 Å². The lowest BCUT2D eigenvalue weighted by atomic mass is 10.1. The van der Waals surface area contributed by atoms with Gasteiger partial charge in [-0.05, 0) is 32.3 Å². The summed E-state index contributed by atoms with van der Waals surface area (Å²) in [5.41, 5.74) is 3.08. The highest BCUT2D eigenvalue weighted by Crippen LogP contribution is 2.22. The third kappa shape index (κ3) is 4.78. The van der Waals surface area contributed by atoms with Crippen LogP contribution in [0.3, 0.4) is 0 Å². The van der Waals surface area contributed by atoms with Crippen molar-refractivity contribution in [1.82, 2.24) is 4.90 Å². The second-order valence-corrected chi connectivity index (χ2v) is 4.59. The summed E-state index contributed by atoms with van der Waals surface area (Å²) in [6, 6.07) is 7.48. The molecule has 0 aromatic heterocycles. The van der Waals surface area contributed by atoms with E-state index >= 15 is 0 Å². The average Bonchev–Trinajstić information content (AvgIpc) is 2.38. The van der Waals surface area contributed by atoms with Gasteiger partial charge in [0, 0.05) is 30.1 Å². The van der Waals surface area contributed by atoms with E-state index < -0.39 is 0 Å². The molecule has 2 nitrogen and oxygen atoms in total. The van der Waals surface area contributed by atoms with E-state index in [0.717, 1.165) is 17.0 Å². The summed E-state index contributed by atoms with van der Waals surface area (Å²) in [5.74, 6) is 0.505. The molecule has 1 aromatic rings. The molecule has 0 bridgehead atoms. The summed E-state index contributed by atoms with van der Waals surface area (Å²) < 4.78 is 12.3. The number of benzene rings is 1. The molecular formula is C16H23FNO+. The lowest BCUT2D eigenvalue weighted by Gasteiger charge is -2.27. The minimum absolute atomic E-state index is 0.302. The van der Waals surface area contributed by atoms with Crippen LogP contribution < -0.4 is 0 Å². The van der Waals surface area contributed by atoms with Gasteiger partial charge in [0.25, 0.3) is 5.75 Å². The SMILES string of the molecule is C=C(C)N(Cc1cccc([OH2+])c1)/C(=C/C)CCCF. The molecule has 19 heavy (non-hydrogen) atoms. The summed E-state index contributed by atoms with van der Waals surface area (Å²) in [4.78, 5) is 2.09. The molecule has 0 fully saturated rings. The van der Waals surface area contributed by atoms with Crippen molar-refractivity contribution in [3.63, 3.8) is 0 Å². The maximum absolute atomic E-state index is 12.3. The Morgan fingerprint density at radius 3 is 2.74 bits per heavy atom. The Morgan fingerprint density at radius 1 is 1.47 bits per heavy atom. The predicted molar refractivity (Wildman–Crippen MR) is 78.8 cm³/mol. The van der Waals surface area contributed by atoms with Crippen LogP contribution in [0.5, 0.6) is 5.75 Å². The first kappa shape index (κ1) is 15.3. The molecule has 1 rings (SSSR count). The third-order valence-electron chi connectivity index (χ3n) is 2.97. The number of hydrogen-bond donors (Lipinski definition) is 0. The molecule has 2 N–H and O–H groups in total. The number of alkyl halides is 1. The van der Waals surface area contributed by atoms with E-state index in [9.17, 15) is 4.39 Å². The molecule has 0 saturated heterocycles. The summed E-state index contributed by atoms with van der Waals surface area (Å²) in [6.07, 6.45) is 3.25. The van der Waals surface area contributed by atoms with Crippen LogP contribution in [0, 0.1) is 0 Å². The van der Waals surface area contributed by atoms with Crippen LogP contribution in [0.2, 0.25) is 0 Å². The minimum Gasteiger partial charge on any atom is -0.593 e. The van der Waals surface area contributed by atoms with Crippen LogP contribution in [0.25, 0.3) is 0 Å². The van der Waals surface area contributed by atoms with Gasteiger partial charge in [0.15, 0.2) is 0 Å². The van der Waals surface area contributed by atoms with E-state index in [1.807, 2.05) is 38.1 Å². The monoisotopic (exact) mass is 264 g/mol. The quantitative estimate of drug-likeness (QED) is 0.680. The Balaban J connectivity index is 2.86. The van der Waals surface area contributed by atoms with Gasteiger partial charge in [0.1, 0.15) is 0 Å². The van der Waals surface area contributed by atoms with Crippen molar-refractivity contribution in [1.29, 1.82) is 0 Å². The maximum atomic E-state index is 12.3. The molecule has 0 radical (unpaired) electrons. The van der Waals surface area contributed by atoms with E-state index in [1.165, 1.54) is 0 Å². The molecule has 0 aliphatic heterocycles. The van der Waals surface area contributed by atoms with Gasteiger partial charge in [-0.25, -0.2) is 0 Å². The Bertz CT molecular complexity index is 454. The maximum Gasteiger partial charge on any atom is 0.254 e. The Labute approximate surface area is 114 Å². The van der Waals surface area contributed by atoms with Crippen LogP contribution in [-0.4, -0.2) is 16.7 Å². The summed E-state index contributed by atoms with van der Waals surface area (Å²) in [7, 11) is 0. The molecule has 0 aliphatic carbocycles. The van der Waals surface area contributed by atoms with Crippen LogP contribution in [0.15, 0.2) is 48.3 Å². The minimum atomic E-state index is -0.302. The lowest BCUT2D eigenvalue weighted by Crippen LogP contribution is -2.20. The molecule has 0 saturated carbocycles. The molecule has 3 heteroatoms. The zero-order valence-electron chi connectivity index (χ0n) is 11.7. The zero-order chi connectivity index (χ0) is 14.3. The highest BCUT2D eigenvalue weighted by Gasteiger charge is 2.11. The van der Waals surface area contributed by atoms with Crippen molar-refractivity contribution in [2.24, 2.45) is 0 Å². The van der Waals surface area contributed by atoms with E-state index in [0.29, 0.717) is 25.1 Å². The highest BCUT2D eigenvalue weighted by molar-refractivity contribution is 5.28. The topological polar surface area (TPSA) is 26.1 Å². The second kappa shape index (κ2) is 7.62. The van der Waals surface area contributed by atoms with Crippen molar-refractivity contribution in [2.45, 2.75) is 33.2 Å². The number of hydrogen-bond acceptors (Lipinski definition) is 1. The summed E-state index contributed by atoms with van der Waals surface area (Å²) in [6.45, 7) is 8.28. The lowest BCUT2D eigenvalue weighted by molar-refractivity contribution is 0.385. The number of nitrogens with zero attached hydrogens (tertiary/aromatic N) is 1. The summed E-state index contributed by atoms with van der Waals surface area (Å²) in [5, 5.41) is 7.65. The van der Waals surface area contributed by atoms with Gasteiger partial charge >= 0.3 is 0 Å². The van der Waals surface area contributed by atoms with Crippen molar-refractivity contribution in [2.75, 3.05) is 6.67 Å². The first-order valence-corrected chi connectivity index (χ1v) is 6.53. The standard InChI is InChI=1S/C16H22FNO/c1-4-15(8-6-10-17)18(13(2)3)12-14-7-5-9-16(19)11-14/h4-5,7,9,11,19H,2,6,8,10,12H2,1,3H3/p+1/b15-4+. The van der Waals surface area contributed by atoms with Gasteiger partial charge in [0.05, 0.1) is 6.67 Å². The number of allylic oxidation sites excluding steroid dienone is 3. The van der Waals surface area contributed by atoms with Gasteiger partial charge in [-0.3, -0.25) is 4.39 Å². The van der Waals surface area contributed by atoms with E-state index in [2.05, 4.69) is 11.5 Å². The van der Waals surface area contributed by atoms with E-state index in [-0.39, 0.29) is 6.67 Å². The number of halogens is 1. The van der Waals surface area contributed by atoms with Crippen LogP contribution in [-0.2, 0) is 6.54 Å². The van der Waals surface area contributed by atoms with Gasteiger partial charge < -0.3 is 10.0 Å². The van der Waals surface area contributed by atoms with Crippen molar-refractivity contribution >= 4 is 0 Å². The van der Waals surface area contributed by atoms with Gasteiger partial charge in [-0.1, -0.05) is 24.8 Å². The summed E-state index contributed by atoms with van der Waals surface area (Å²) >= 11 is 0. The molecule has 0 spiro atoms. The smallest absolute Gasteiger partial charge is 0.254 e. The highest BCUT2D eigenvalue weighted by atomic mass is 19.1. The fraction of sp³-hybridized carbons (Fsp3) is 0.375. The Kier molecular flexibility index (Phi) is 6.13. The largest absolute Gasteiger partial charge is 0.593 e. The van der Waals surface area contributed by atoms with Crippen LogP contribution in [0.1, 0.15) is 32.3 Å². The molecule has 0 atom stereocenters. The Morgan fingerprint density at radius 2 is 2.21 bits per heavy atom. The van der Waals surface area contributed by atoms with Crippen LogP contribution >= 0.6 is 0 Å². The fourth-order valence-corrected chi connectivity index (χ4v) is 2.02. The van der Waals surface area contributed by atoms with Crippen molar-refractivity contribution < 1.29 is 9.50 Å². The zero-order valence-corrected chi connectivity index (χ0v) is 11.7. The molecule has 104 valence electrons. The predicted octanol–water partition coefficient (Wildman–Crippen LogP) is 4.11. The van der Waals surface area contributed by atoms with E-state index in [4.69, 9.17) is 5.11 Å². The van der Waals surface area contributed by atoms with Gasteiger partial charge in [-0.15, -0.1) is 0 Å². The Hall–Kier alpha value is -1.77. The molecule has 0 unspecified atom stereocenters. The fourth-order valence-electron chi connectivity index (χ4n) is 2.02. The molecule has 0 heterocycles. The van der Waals surface area contributed by atoms with E-state index in [1.54, 1.807) is 6.07 Å². The molecule has 0 amide bonds. The van der Waals surface area contributed by atoms with Crippen LogP contribution in [0.4, 0.5) is 4.39 Å². The molecular weight excluding hydrogens is 241 g/mol. The average molecular weight is 264 g/mol.